The van der Waals surface area contributed by atoms with Crippen molar-refractivity contribution in [3.05, 3.63) is 28.5 Å². The summed E-state index contributed by atoms with van der Waals surface area (Å²) in [7, 11) is 0. The van der Waals surface area contributed by atoms with E-state index in [1.54, 1.807) is 12.3 Å². The predicted molar refractivity (Wildman–Crippen MR) is 70.8 cm³/mol. The van der Waals surface area contributed by atoms with Crippen LogP contribution in [0.4, 0.5) is 0 Å². The summed E-state index contributed by atoms with van der Waals surface area (Å²) in [5, 5.41) is 3.06. The molecule has 2 rings (SSSR count). The van der Waals surface area contributed by atoms with Crippen molar-refractivity contribution in [3.63, 3.8) is 0 Å². The van der Waals surface area contributed by atoms with Gasteiger partial charge in [0.1, 0.15) is 5.69 Å². The van der Waals surface area contributed by atoms with Gasteiger partial charge in [-0.25, -0.2) is 4.98 Å². The summed E-state index contributed by atoms with van der Waals surface area (Å²) in [5.41, 5.74) is 0.816. The quantitative estimate of drug-likeness (QED) is 0.911. The highest BCUT2D eigenvalue weighted by Gasteiger charge is 2.32. The predicted octanol–water partition coefficient (Wildman–Crippen LogP) is 3.15. The molecule has 0 aliphatic heterocycles. The highest BCUT2D eigenvalue weighted by atomic mass is 79.9. The number of nitrogens with one attached hydrogen (secondary N) is 1. The van der Waals surface area contributed by atoms with E-state index in [0.29, 0.717) is 11.1 Å². The van der Waals surface area contributed by atoms with E-state index in [2.05, 4.69) is 40.1 Å². The number of carbonyl (C=O) groups excluding carboxylic acids is 1. The van der Waals surface area contributed by atoms with Crippen LogP contribution in [0.3, 0.4) is 0 Å². The summed E-state index contributed by atoms with van der Waals surface area (Å²) in [5.74, 6) is -0.0832. The Bertz CT molecular complexity index is 431. The molecule has 3 nitrogen and oxygen atoms in total. The maximum Gasteiger partial charge on any atom is 0.271 e. The van der Waals surface area contributed by atoms with Gasteiger partial charge in [-0.1, -0.05) is 13.8 Å². The van der Waals surface area contributed by atoms with E-state index in [-0.39, 0.29) is 11.9 Å². The third-order valence-electron chi connectivity index (χ3n) is 3.28. The van der Waals surface area contributed by atoms with Crippen molar-refractivity contribution < 1.29 is 4.79 Å². The van der Waals surface area contributed by atoms with E-state index < -0.39 is 0 Å². The fourth-order valence-electron chi connectivity index (χ4n) is 2.37. The number of carbonyl (C=O) groups is 1. The van der Waals surface area contributed by atoms with Crippen molar-refractivity contribution in [2.24, 2.45) is 5.41 Å². The molecule has 1 aromatic heterocycles. The fourth-order valence-corrected chi connectivity index (χ4v) is 2.80. The van der Waals surface area contributed by atoms with Crippen LogP contribution in [-0.4, -0.2) is 16.9 Å². The van der Waals surface area contributed by atoms with Gasteiger partial charge in [0.25, 0.3) is 5.91 Å². The molecule has 17 heavy (non-hydrogen) atoms. The van der Waals surface area contributed by atoms with Gasteiger partial charge in [0, 0.05) is 16.7 Å². The summed E-state index contributed by atoms with van der Waals surface area (Å²) in [6.07, 6.45) is 4.91. The van der Waals surface area contributed by atoms with E-state index in [1.807, 2.05) is 6.07 Å². The Morgan fingerprint density at radius 2 is 2.35 bits per heavy atom. The number of amides is 1. The van der Waals surface area contributed by atoms with Crippen LogP contribution in [0.25, 0.3) is 0 Å². The van der Waals surface area contributed by atoms with Crippen LogP contribution in [0.5, 0.6) is 0 Å². The van der Waals surface area contributed by atoms with Gasteiger partial charge in [-0.2, -0.15) is 0 Å². The molecule has 0 saturated heterocycles. The smallest absolute Gasteiger partial charge is 0.271 e. The van der Waals surface area contributed by atoms with Crippen LogP contribution in [0.15, 0.2) is 22.8 Å². The van der Waals surface area contributed by atoms with E-state index in [1.165, 1.54) is 6.42 Å². The largest absolute Gasteiger partial charge is 0.348 e. The van der Waals surface area contributed by atoms with Crippen LogP contribution >= 0.6 is 15.9 Å². The van der Waals surface area contributed by atoms with Gasteiger partial charge < -0.3 is 5.32 Å². The van der Waals surface area contributed by atoms with Crippen LogP contribution in [-0.2, 0) is 0 Å². The molecule has 4 heteroatoms. The minimum atomic E-state index is -0.0832. The number of halogens is 1. The molecule has 1 saturated carbocycles. The Morgan fingerprint density at radius 1 is 1.59 bits per heavy atom. The fraction of sp³-hybridized carbons (Fsp3) is 0.538. The van der Waals surface area contributed by atoms with Gasteiger partial charge in [-0.3, -0.25) is 4.79 Å². The summed E-state index contributed by atoms with van der Waals surface area (Å²) >= 11 is 3.35. The second-order valence-electron chi connectivity index (χ2n) is 5.41. The Hall–Kier alpha value is -0.900. The molecule has 0 aromatic carbocycles. The molecule has 1 amide bonds. The lowest BCUT2D eigenvalue weighted by molar-refractivity contribution is 0.0930. The van der Waals surface area contributed by atoms with Crippen LogP contribution in [0.2, 0.25) is 0 Å². The van der Waals surface area contributed by atoms with Gasteiger partial charge in [-0.15, -0.1) is 0 Å². The van der Waals surface area contributed by atoms with E-state index in [9.17, 15) is 4.79 Å². The van der Waals surface area contributed by atoms with Gasteiger partial charge in [-0.05, 0) is 52.7 Å². The molecule has 1 unspecified atom stereocenters. The standard InChI is InChI=1S/C13H17BrN2O/c1-13(2)6-5-9(8-13)16-12(17)11-10(14)4-3-7-15-11/h3-4,7,9H,5-6,8H2,1-2H3,(H,16,17). The normalized spacial score (nSPS) is 22.4. The van der Waals surface area contributed by atoms with Crippen molar-refractivity contribution in [1.29, 1.82) is 0 Å². The van der Waals surface area contributed by atoms with E-state index >= 15 is 0 Å². The summed E-state index contributed by atoms with van der Waals surface area (Å²) in [6.45, 7) is 4.49. The third kappa shape index (κ3) is 3.06. The number of pyridine rings is 1. The van der Waals surface area contributed by atoms with Gasteiger partial charge in [0.05, 0.1) is 0 Å². The van der Waals surface area contributed by atoms with Crippen molar-refractivity contribution in [2.75, 3.05) is 0 Å². The molecule has 1 fully saturated rings. The number of aromatic nitrogens is 1. The maximum absolute atomic E-state index is 12.0. The molecule has 1 aliphatic carbocycles. The molecule has 1 heterocycles. The first-order valence-electron chi connectivity index (χ1n) is 5.89. The molecule has 1 aromatic rings. The molecule has 1 aliphatic rings. The third-order valence-corrected chi connectivity index (χ3v) is 3.92. The van der Waals surface area contributed by atoms with Crippen LogP contribution < -0.4 is 5.32 Å². The van der Waals surface area contributed by atoms with Crippen LogP contribution in [0, 0.1) is 5.41 Å². The molecule has 1 atom stereocenters. The average molecular weight is 297 g/mol. The molecular formula is C13H17BrN2O. The van der Waals surface area contributed by atoms with Crippen molar-refractivity contribution >= 4 is 21.8 Å². The Morgan fingerprint density at radius 3 is 2.94 bits per heavy atom. The maximum atomic E-state index is 12.0. The van der Waals surface area contributed by atoms with Crippen molar-refractivity contribution in [1.82, 2.24) is 10.3 Å². The Labute approximate surface area is 110 Å². The summed E-state index contributed by atoms with van der Waals surface area (Å²) < 4.78 is 0.745. The second-order valence-corrected chi connectivity index (χ2v) is 6.27. The monoisotopic (exact) mass is 296 g/mol. The lowest BCUT2D eigenvalue weighted by Crippen LogP contribution is -2.34. The minimum absolute atomic E-state index is 0.0832. The molecule has 0 radical (unpaired) electrons. The molecular weight excluding hydrogens is 280 g/mol. The van der Waals surface area contributed by atoms with E-state index in [0.717, 1.165) is 17.3 Å². The number of hydrogen-bond donors (Lipinski definition) is 1. The van der Waals surface area contributed by atoms with Gasteiger partial charge in [0.15, 0.2) is 0 Å². The first kappa shape index (κ1) is 12.6. The zero-order valence-electron chi connectivity index (χ0n) is 10.2. The average Bonchev–Trinajstić information content (AvgIpc) is 2.58. The van der Waals surface area contributed by atoms with Crippen molar-refractivity contribution in [3.8, 4) is 0 Å². The number of nitrogens with zero attached hydrogens (tertiary/aromatic N) is 1. The topological polar surface area (TPSA) is 42.0 Å². The molecule has 1 N–H and O–H groups in total. The Balaban J connectivity index is 2.01. The molecule has 92 valence electrons. The zero-order valence-corrected chi connectivity index (χ0v) is 11.8. The minimum Gasteiger partial charge on any atom is -0.348 e. The number of hydrogen-bond acceptors (Lipinski definition) is 2. The van der Waals surface area contributed by atoms with E-state index in [4.69, 9.17) is 0 Å². The SMILES string of the molecule is CC1(C)CCC(NC(=O)c2ncccc2Br)C1. The highest BCUT2D eigenvalue weighted by molar-refractivity contribution is 9.10. The highest BCUT2D eigenvalue weighted by Crippen LogP contribution is 2.37. The number of rotatable bonds is 2. The first-order valence-corrected chi connectivity index (χ1v) is 6.69. The lowest BCUT2D eigenvalue weighted by Gasteiger charge is -2.17. The summed E-state index contributed by atoms with van der Waals surface area (Å²) in [4.78, 5) is 16.1. The molecule has 0 bridgehead atoms. The van der Waals surface area contributed by atoms with Crippen molar-refractivity contribution in [2.45, 2.75) is 39.2 Å². The Kier molecular flexibility index (Phi) is 3.52. The zero-order chi connectivity index (χ0) is 12.5. The lowest BCUT2D eigenvalue weighted by atomic mass is 9.92. The van der Waals surface area contributed by atoms with Gasteiger partial charge >= 0.3 is 0 Å². The van der Waals surface area contributed by atoms with Gasteiger partial charge in [0.2, 0.25) is 0 Å². The van der Waals surface area contributed by atoms with Crippen LogP contribution in [0.1, 0.15) is 43.6 Å². The summed E-state index contributed by atoms with van der Waals surface area (Å²) in [6, 6.07) is 3.92. The second kappa shape index (κ2) is 4.77. The molecule has 0 spiro atoms. The first-order chi connectivity index (χ1) is 7.98.